The molecule has 0 aromatic heterocycles. The number of nitrogens with one attached hydrogen (secondary N) is 2. The molecule has 1 unspecified atom stereocenters. The maximum Gasteiger partial charge on any atom is 0.336 e. The van der Waals surface area contributed by atoms with E-state index in [1.165, 1.54) is 24.9 Å². The molecule has 0 spiro atoms. The Bertz CT molecular complexity index is 1790. The average molecular weight is 597 g/mol. The van der Waals surface area contributed by atoms with Crippen LogP contribution < -0.4 is 15.4 Å². The van der Waals surface area contributed by atoms with Crippen molar-refractivity contribution in [2.75, 3.05) is 17.7 Å². The lowest BCUT2D eigenvalue weighted by Crippen LogP contribution is -2.19. The summed E-state index contributed by atoms with van der Waals surface area (Å²) in [5, 5.41) is 16.3. The Labute approximate surface area is 251 Å². The van der Waals surface area contributed by atoms with Crippen molar-refractivity contribution in [2.45, 2.75) is 10.1 Å². The number of hydrogen-bond acceptors (Lipinski definition) is 5. The summed E-state index contributed by atoms with van der Waals surface area (Å²) in [7, 11) is 1.52. The van der Waals surface area contributed by atoms with E-state index in [4.69, 9.17) is 16.3 Å². The first-order valence-corrected chi connectivity index (χ1v) is 14.1. The SMILES string of the molecule is COc1ccc(NC(=O)C(Sc2cccc(NC(=O)c3cccc4cccc(C(=O)O)c34)c2)c2ccccc2)cc1Cl. The van der Waals surface area contributed by atoms with E-state index in [2.05, 4.69) is 10.6 Å². The fourth-order valence-electron chi connectivity index (χ4n) is 4.54. The van der Waals surface area contributed by atoms with E-state index >= 15 is 0 Å². The molecule has 0 saturated carbocycles. The summed E-state index contributed by atoms with van der Waals surface area (Å²) in [6, 6.07) is 31.5. The van der Waals surface area contributed by atoms with Crippen LogP contribution in [-0.2, 0) is 4.79 Å². The van der Waals surface area contributed by atoms with E-state index in [1.807, 2.05) is 36.4 Å². The first-order chi connectivity index (χ1) is 20.3. The van der Waals surface area contributed by atoms with Gasteiger partial charge in [0.1, 0.15) is 11.0 Å². The number of benzene rings is 5. The number of carbonyl (C=O) groups is 3. The van der Waals surface area contributed by atoms with Crippen molar-refractivity contribution in [3.05, 3.63) is 131 Å². The number of thioether (sulfide) groups is 1. The van der Waals surface area contributed by atoms with Gasteiger partial charge in [-0.25, -0.2) is 4.79 Å². The van der Waals surface area contributed by atoms with Crippen LogP contribution in [0.4, 0.5) is 11.4 Å². The molecule has 3 N–H and O–H groups in total. The molecule has 7 nitrogen and oxygen atoms in total. The summed E-state index contributed by atoms with van der Waals surface area (Å²) in [5.41, 5.74) is 2.14. The van der Waals surface area contributed by atoms with Crippen LogP contribution in [0.1, 0.15) is 31.5 Å². The Kier molecular flexibility index (Phi) is 8.76. The molecule has 42 heavy (non-hydrogen) atoms. The number of hydrogen-bond donors (Lipinski definition) is 3. The summed E-state index contributed by atoms with van der Waals surface area (Å²) in [6.07, 6.45) is 0. The monoisotopic (exact) mass is 596 g/mol. The second-order valence-electron chi connectivity index (χ2n) is 9.24. The van der Waals surface area contributed by atoms with Gasteiger partial charge >= 0.3 is 5.97 Å². The fourth-order valence-corrected chi connectivity index (χ4v) is 5.88. The fraction of sp³-hybridized carbons (Fsp3) is 0.0606. The Morgan fingerprint density at radius 2 is 1.48 bits per heavy atom. The predicted octanol–water partition coefficient (Wildman–Crippen LogP) is 7.92. The van der Waals surface area contributed by atoms with Crippen LogP contribution >= 0.6 is 23.4 Å². The van der Waals surface area contributed by atoms with Gasteiger partial charge in [0.15, 0.2) is 0 Å². The van der Waals surface area contributed by atoms with Gasteiger partial charge in [-0.1, -0.05) is 72.3 Å². The van der Waals surface area contributed by atoms with Gasteiger partial charge < -0.3 is 20.5 Å². The zero-order valence-corrected chi connectivity index (χ0v) is 23.9. The molecule has 5 rings (SSSR count). The summed E-state index contributed by atoms with van der Waals surface area (Å²) in [4.78, 5) is 39.5. The van der Waals surface area contributed by atoms with Gasteiger partial charge in [0.25, 0.3) is 5.91 Å². The number of carboxylic acids is 1. The Morgan fingerprint density at radius 1 is 0.786 bits per heavy atom. The van der Waals surface area contributed by atoms with Crippen molar-refractivity contribution in [1.29, 1.82) is 0 Å². The van der Waals surface area contributed by atoms with Crippen molar-refractivity contribution >= 4 is 63.3 Å². The first-order valence-electron chi connectivity index (χ1n) is 12.9. The molecule has 0 bridgehead atoms. The largest absolute Gasteiger partial charge is 0.495 e. The molecule has 1 atom stereocenters. The van der Waals surface area contributed by atoms with Gasteiger partial charge in [0, 0.05) is 27.2 Å². The first kappa shape index (κ1) is 28.7. The summed E-state index contributed by atoms with van der Waals surface area (Å²) >= 11 is 7.58. The highest BCUT2D eigenvalue weighted by atomic mass is 35.5. The number of halogens is 1. The van der Waals surface area contributed by atoms with Crippen LogP contribution in [0.25, 0.3) is 10.8 Å². The third-order valence-electron chi connectivity index (χ3n) is 6.49. The average Bonchev–Trinajstić information content (AvgIpc) is 3.00. The number of methoxy groups -OCH3 is 1. The van der Waals surface area contributed by atoms with Gasteiger partial charge in [-0.2, -0.15) is 0 Å². The van der Waals surface area contributed by atoms with Crippen LogP contribution in [0.2, 0.25) is 5.02 Å². The van der Waals surface area contributed by atoms with E-state index < -0.39 is 17.1 Å². The number of carbonyl (C=O) groups excluding carboxylic acids is 2. The number of rotatable bonds is 9. The van der Waals surface area contributed by atoms with Gasteiger partial charge in [-0.3, -0.25) is 9.59 Å². The maximum atomic E-state index is 13.5. The third-order valence-corrected chi connectivity index (χ3v) is 8.03. The molecule has 0 aliphatic carbocycles. The molecule has 0 radical (unpaired) electrons. The highest BCUT2D eigenvalue weighted by Crippen LogP contribution is 2.38. The van der Waals surface area contributed by atoms with Crippen LogP contribution in [0.5, 0.6) is 5.75 Å². The number of anilines is 2. The van der Waals surface area contributed by atoms with Gasteiger partial charge in [0.05, 0.1) is 17.7 Å². The van der Waals surface area contributed by atoms with E-state index in [-0.39, 0.29) is 17.0 Å². The minimum absolute atomic E-state index is 0.0532. The minimum Gasteiger partial charge on any atom is -0.495 e. The van der Waals surface area contributed by atoms with Crippen molar-refractivity contribution in [2.24, 2.45) is 0 Å². The zero-order chi connectivity index (χ0) is 29.6. The van der Waals surface area contributed by atoms with Crippen LogP contribution in [0.15, 0.2) is 114 Å². The molecular formula is C33H25ClN2O5S. The normalized spacial score (nSPS) is 11.5. The molecule has 5 aromatic carbocycles. The van der Waals surface area contributed by atoms with E-state index in [9.17, 15) is 19.5 Å². The number of ether oxygens (including phenoxy) is 1. The van der Waals surface area contributed by atoms with Gasteiger partial charge in [0.2, 0.25) is 5.91 Å². The Balaban J connectivity index is 1.40. The van der Waals surface area contributed by atoms with Gasteiger partial charge in [-0.05, 0) is 59.5 Å². The molecule has 210 valence electrons. The van der Waals surface area contributed by atoms with E-state index in [0.29, 0.717) is 32.9 Å². The van der Waals surface area contributed by atoms with Crippen molar-refractivity contribution in [1.82, 2.24) is 0 Å². The lowest BCUT2D eigenvalue weighted by atomic mass is 9.98. The third kappa shape index (κ3) is 6.40. The van der Waals surface area contributed by atoms with Gasteiger partial charge in [-0.15, -0.1) is 11.8 Å². The number of aromatic carboxylic acids is 1. The smallest absolute Gasteiger partial charge is 0.336 e. The highest BCUT2D eigenvalue weighted by Gasteiger charge is 2.23. The minimum atomic E-state index is -1.11. The number of amides is 2. The molecule has 0 saturated heterocycles. The van der Waals surface area contributed by atoms with Crippen LogP contribution in [0, 0.1) is 0 Å². The van der Waals surface area contributed by atoms with Crippen LogP contribution in [0.3, 0.4) is 0 Å². The second kappa shape index (κ2) is 12.8. The van der Waals surface area contributed by atoms with Crippen molar-refractivity contribution in [3.8, 4) is 5.75 Å². The standard InChI is InChI=1S/C33H25ClN2O5S/c1-41-28-17-16-23(19-27(28)34)36-32(38)30(21-8-3-2-4-9-21)42-24-13-7-12-22(18-24)35-31(37)25-14-5-10-20-11-6-15-26(29(20)25)33(39)40/h2-19,30H,1H3,(H,35,37)(H,36,38)(H,39,40). The molecule has 0 aliphatic heterocycles. The topological polar surface area (TPSA) is 105 Å². The Morgan fingerprint density at radius 3 is 2.17 bits per heavy atom. The molecule has 9 heteroatoms. The molecule has 0 fully saturated rings. The van der Waals surface area contributed by atoms with Crippen molar-refractivity contribution in [3.63, 3.8) is 0 Å². The predicted molar refractivity (Wildman–Crippen MR) is 167 cm³/mol. The molecule has 2 amide bonds. The van der Waals surface area contributed by atoms with Crippen molar-refractivity contribution < 1.29 is 24.2 Å². The number of fused-ring (bicyclic) bond motifs is 1. The molecule has 5 aromatic rings. The lowest BCUT2D eigenvalue weighted by molar-refractivity contribution is -0.115. The molecule has 0 heterocycles. The number of carboxylic acid groups (broad SMARTS) is 1. The van der Waals surface area contributed by atoms with E-state index in [0.717, 1.165) is 10.5 Å². The van der Waals surface area contributed by atoms with E-state index in [1.54, 1.807) is 66.7 Å². The lowest BCUT2D eigenvalue weighted by Gasteiger charge is -2.18. The summed E-state index contributed by atoms with van der Waals surface area (Å²) in [6.45, 7) is 0. The second-order valence-corrected chi connectivity index (χ2v) is 10.8. The molecule has 0 aliphatic rings. The summed E-state index contributed by atoms with van der Waals surface area (Å²) < 4.78 is 5.20. The highest BCUT2D eigenvalue weighted by molar-refractivity contribution is 8.00. The quantitative estimate of drug-likeness (QED) is 0.149. The molecular weight excluding hydrogens is 572 g/mol. The maximum absolute atomic E-state index is 13.5. The zero-order valence-electron chi connectivity index (χ0n) is 22.3. The Hall–Kier alpha value is -4.79. The van der Waals surface area contributed by atoms with Crippen LogP contribution in [-0.4, -0.2) is 30.0 Å². The summed E-state index contributed by atoms with van der Waals surface area (Å²) in [5.74, 6) is -1.30.